The average molecular weight is 394 g/mol. The first-order valence-corrected chi connectivity index (χ1v) is 8.33. The molecule has 9 nitrogen and oxygen atoms in total. The summed E-state index contributed by atoms with van der Waals surface area (Å²) in [4.78, 5) is 28.4. The number of amides is 1. The van der Waals surface area contributed by atoms with Crippen LogP contribution in [-0.2, 0) is 4.84 Å². The number of nitrogens with one attached hydrogen (secondary N) is 3. The maximum absolute atomic E-state index is 14.0. The minimum Gasteiger partial charge on any atom is -0.377 e. The van der Waals surface area contributed by atoms with E-state index in [-0.39, 0.29) is 29.5 Å². The Kier molecular flexibility index (Phi) is 5.67. The molecule has 3 rings (SSSR count). The molecule has 11 heteroatoms. The monoisotopic (exact) mass is 393 g/mol. The number of anilines is 2. The minimum absolute atomic E-state index is 0.00835. The van der Waals surface area contributed by atoms with Crippen LogP contribution >= 0.6 is 11.6 Å². The minimum atomic E-state index is -0.682. The van der Waals surface area contributed by atoms with Crippen LogP contribution in [0.15, 0.2) is 35.6 Å². The maximum Gasteiger partial charge on any atom is 0.301 e. The van der Waals surface area contributed by atoms with Gasteiger partial charge < -0.3 is 21.2 Å². The number of amidine groups is 1. The van der Waals surface area contributed by atoms with Gasteiger partial charge in [0.1, 0.15) is 5.69 Å². The molecule has 1 amide bonds. The van der Waals surface area contributed by atoms with Gasteiger partial charge in [-0.1, -0.05) is 11.6 Å². The lowest BCUT2D eigenvalue weighted by molar-refractivity contribution is 0.102. The number of nitrogens with two attached hydrogens (primary N) is 1. The van der Waals surface area contributed by atoms with Gasteiger partial charge in [-0.2, -0.15) is 4.39 Å². The summed E-state index contributed by atoms with van der Waals surface area (Å²) in [6.45, 7) is 0. The summed E-state index contributed by atoms with van der Waals surface area (Å²) < 4.78 is 14.0. The number of pyridine rings is 2. The smallest absolute Gasteiger partial charge is 0.301 e. The van der Waals surface area contributed by atoms with Crippen molar-refractivity contribution in [2.75, 3.05) is 17.7 Å². The highest BCUT2D eigenvalue weighted by molar-refractivity contribution is 6.30. The van der Waals surface area contributed by atoms with E-state index in [0.29, 0.717) is 17.1 Å². The molecule has 0 unspecified atom stereocenters. The van der Waals surface area contributed by atoms with Crippen LogP contribution in [0.1, 0.15) is 16.9 Å². The lowest BCUT2D eigenvalue weighted by Gasteiger charge is -2.10. The topological polar surface area (TPSA) is 127 Å². The lowest BCUT2D eigenvalue weighted by Crippen LogP contribution is -2.30. The number of carbonyl (C=O) groups is 1. The summed E-state index contributed by atoms with van der Waals surface area (Å²) in [6.07, 6.45) is 3.28. The Balaban J connectivity index is 1.60. The second-order valence-corrected chi connectivity index (χ2v) is 6.19. The third-order valence-corrected chi connectivity index (χ3v) is 3.95. The molecule has 1 saturated carbocycles. The fourth-order valence-corrected chi connectivity index (χ4v) is 2.30. The molecule has 0 saturated heterocycles. The Morgan fingerprint density at radius 2 is 2.19 bits per heavy atom. The Bertz CT molecular complexity index is 862. The van der Waals surface area contributed by atoms with Gasteiger partial charge in [-0.25, -0.2) is 15.0 Å². The fourth-order valence-electron chi connectivity index (χ4n) is 2.19. The number of halogens is 2. The number of aliphatic imine (C=N–C) groups is 1. The molecule has 142 valence electrons. The van der Waals surface area contributed by atoms with Crippen LogP contribution in [0.4, 0.5) is 15.8 Å². The molecular formula is C16H17ClFN7O2. The Morgan fingerprint density at radius 3 is 2.89 bits per heavy atom. The molecule has 2 atom stereocenters. The average Bonchev–Trinajstić information content (AvgIpc) is 3.40. The number of carbonyl (C=O) groups excluding carboxylic acids is 1. The summed E-state index contributed by atoms with van der Waals surface area (Å²) in [5, 5.41) is 6.02. The molecule has 2 aromatic rings. The highest BCUT2D eigenvalue weighted by atomic mass is 35.5. The molecule has 0 radical (unpaired) electrons. The zero-order chi connectivity index (χ0) is 19.4. The number of hydrogen-bond donors (Lipinski definition) is 4. The molecule has 0 spiro atoms. The van der Waals surface area contributed by atoms with Gasteiger partial charge in [-0.3, -0.25) is 4.79 Å². The van der Waals surface area contributed by atoms with Gasteiger partial charge in [-0.15, -0.1) is 5.48 Å². The molecule has 0 aromatic carbocycles. The van der Waals surface area contributed by atoms with Crippen molar-refractivity contribution in [3.05, 3.63) is 47.3 Å². The molecular weight excluding hydrogens is 377 g/mol. The maximum atomic E-state index is 14.0. The molecule has 2 aromatic heterocycles. The van der Waals surface area contributed by atoms with Crippen LogP contribution in [0, 0.1) is 5.95 Å². The van der Waals surface area contributed by atoms with E-state index in [1.807, 2.05) is 0 Å². The summed E-state index contributed by atoms with van der Waals surface area (Å²) in [6, 6.07) is 4.37. The Labute approximate surface area is 159 Å². The van der Waals surface area contributed by atoms with Gasteiger partial charge in [0, 0.05) is 19.3 Å². The van der Waals surface area contributed by atoms with E-state index in [9.17, 15) is 9.18 Å². The first kappa shape index (κ1) is 18.8. The van der Waals surface area contributed by atoms with Gasteiger partial charge in [0.15, 0.2) is 0 Å². The fraction of sp³-hybridized carbons (Fsp3) is 0.250. The van der Waals surface area contributed by atoms with E-state index in [4.69, 9.17) is 22.2 Å². The van der Waals surface area contributed by atoms with Crippen LogP contribution in [-0.4, -0.2) is 41.0 Å². The molecule has 1 aliphatic rings. The molecule has 2 heterocycles. The molecule has 27 heavy (non-hydrogen) atoms. The summed E-state index contributed by atoms with van der Waals surface area (Å²) >= 11 is 5.75. The number of rotatable bonds is 6. The zero-order valence-corrected chi connectivity index (χ0v) is 15.0. The predicted molar refractivity (Wildman–Crippen MR) is 99.0 cm³/mol. The van der Waals surface area contributed by atoms with Crippen molar-refractivity contribution in [2.24, 2.45) is 10.7 Å². The molecule has 5 N–H and O–H groups in total. The highest BCUT2D eigenvalue weighted by Crippen LogP contribution is 2.28. The normalized spacial score (nSPS) is 18.7. The Morgan fingerprint density at radius 1 is 1.37 bits per heavy atom. The van der Waals surface area contributed by atoms with Gasteiger partial charge in [0.25, 0.3) is 5.91 Å². The van der Waals surface area contributed by atoms with E-state index in [1.54, 1.807) is 6.07 Å². The van der Waals surface area contributed by atoms with E-state index >= 15 is 0 Å². The number of hydrogen-bond acceptors (Lipinski definition) is 7. The van der Waals surface area contributed by atoms with Gasteiger partial charge in [0.2, 0.25) is 5.95 Å². The quantitative estimate of drug-likeness (QED) is 0.254. The van der Waals surface area contributed by atoms with Crippen LogP contribution < -0.4 is 21.8 Å². The third-order valence-electron chi connectivity index (χ3n) is 3.72. The van der Waals surface area contributed by atoms with Crippen LogP contribution in [0.3, 0.4) is 0 Å². The lowest BCUT2D eigenvalue weighted by atomic mass is 10.3. The molecule has 0 aliphatic heterocycles. The van der Waals surface area contributed by atoms with Gasteiger partial charge >= 0.3 is 6.02 Å². The van der Waals surface area contributed by atoms with Crippen molar-refractivity contribution >= 4 is 34.9 Å². The largest absolute Gasteiger partial charge is 0.377 e. The van der Waals surface area contributed by atoms with Crippen molar-refractivity contribution in [2.45, 2.75) is 18.5 Å². The predicted octanol–water partition coefficient (Wildman–Crippen LogP) is 1.54. The molecule has 0 bridgehead atoms. The van der Waals surface area contributed by atoms with E-state index < -0.39 is 11.9 Å². The second-order valence-electron chi connectivity index (χ2n) is 5.75. The van der Waals surface area contributed by atoms with E-state index in [0.717, 1.165) is 0 Å². The Hall–Kier alpha value is -2.98. The van der Waals surface area contributed by atoms with Crippen molar-refractivity contribution in [3.8, 4) is 0 Å². The SMILES string of the molecule is C/N=C(/N)ON[C@@H]1C[C@@H]1Nc1cc(NC(=O)c2ccc(Cl)cn2)cnc1F. The van der Waals surface area contributed by atoms with Crippen LogP contribution in [0.2, 0.25) is 5.02 Å². The van der Waals surface area contributed by atoms with Crippen molar-refractivity contribution in [1.82, 2.24) is 15.4 Å². The van der Waals surface area contributed by atoms with Crippen molar-refractivity contribution in [1.29, 1.82) is 0 Å². The molecule has 1 aliphatic carbocycles. The first-order valence-electron chi connectivity index (χ1n) is 7.96. The third kappa shape index (κ3) is 5.02. The van der Waals surface area contributed by atoms with Crippen molar-refractivity contribution in [3.63, 3.8) is 0 Å². The number of nitrogens with zero attached hydrogens (tertiary/aromatic N) is 3. The zero-order valence-electron chi connectivity index (χ0n) is 14.2. The summed E-state index contributed by atoms with van der Waals surface area (Å²) in [7, 11) is 1.50. The second kappa shape index (κ2) is 8.14. The highest BCUT2D eigenvalue weighted by Gasteiger charge is 2.38. The van der Waals surface area contributed by atoms with Crippen LogP contribution in [0.5, 0.6) is 0 Å². The van der Waals surface area contributed by atoms with E-state index in [1.165, 1.54) is 31.6 Å². The van der Waals surface area contributed by atoms with Crippen molar-refractivity contribution < 1.29 is 14.0 Å². The van der Waals surface area contributed by atoms with Gasteiger partial charge in [0.05, 0.1) is 28.6 Å². The van der Waals surface area contributed by atoms with Gasteiger partial charge in [-0.05, 0) is 24.6 Å². The number of hydroxylamine groups is 1. The number of aromatic nitrogens is 2. The molecule has 1 fully saturated rings. The summed E-state index contributed by atoms with van der Waals surface area (Å²) in [5.74, 6) is -1.14. The first-order chi connectivity index (χ1) is 13.0. The van der Waals surface area contributed by atoms with E-state index in [2.05, 4.69) is 31.1 Å². The summed E-state index contributed by atoms with van der Waals surface area (Å²) in [5.41, 5.74) is 8.79. The standard InChI is InChI=1S/C16H17ClFN7O2/c1-20-16(19)27-25-12-5-11(12)24-13-4-9(7-22-14(13)18)23-15(26)10-3-2-8(17)6-21-10/h2-4,6-7,11-12,24-25H,5H2,1H3,(H2,19,20)(H,23,26)/t11-,12+/m0/s1. The van der Waals surface area contributed by atoms with Crippen LogP contribution in [0.25, 0.3) is 0 Å².